The monoisotopic (exact) mass is 313 g/mol. The maximum Gasteiger partial charge on any atom is 0.168 e. The van der Waals surface area contributed by atoms with Crippen molar-refractivity contribution in [2.75, 3.05) is 31.1 Å². The highest BCUT2D eigenvalue weighted by atomic mass is 35.5. The van der Waals surface area contributed by atoms with E-state index in [1.807, 2.05) is 34.9 Å². The maximum absolute atomic E-state index is 6.07. The van der Waals surface area contributed by atoms with Crippen LogP contribution in [0.5, 0.6) is 0 Å². The van der Waals surface area contributed by atoms with Crippen LogP contribution in [-0.4, -0.2) is 40.8 Å². The van der Waals surface area contributed by atoms with Gasteiger partial charge in [-0.2, -0.15) is 0 Å². The summed E-state index contributed by atoms with van der Waals surface area (Å²) in [5.74, 6) is 0.810. The number of halogens is 1. The molecule has 0 saturated carbocycles. The van der Waals surface area contributed by atoms with Crippen LogP contribution in [0.4, 0.5) is 5.69 Å². The Kier molecular flexibility index (Phi) is 3.44. The normalized spacial score (nSPS) is 15.4. The van der Waals surface area contributed by atoms with Gasteiger partial charge < -0.3 is 10.2 Å². The lowest BCUT2D eigenvalue weighted by atomic mass is 10.2. The van der Waals surface area contributed by atoms with E-state index in [-0.39, 0.29) is 0 Å². The van der Waals surface area contributed by atoms with Gasteiger partial charge in [-0.15, -0.1) is 10.2 Å². The van der Waals surface area contributed by atoms with Gasteiger partial charge in [0.2, 0.25) is 0 Å². The first-order valence-corrected chi connectivity index (χ1v) is 7.75. The van der Waals surface area contributed by atoms with Crippen LogP contribution in [0.15, 0.2) is 42.6 Å². The molecule has 0 atom stereocenters. The van der Waals surface area contributed by atoms with E-state index >= 15 is 0 Å². The Balaban J connectivity index is 1.74. The number of fused-ring (bicyclic) bond motifs is 1. The molecular formula is C16H16ClN5. The number of aromatic nitrogens is 3. The van der Waals surface area contributed by atoms with E-state index in [0.717, 1.165) is 43.2 Å². The molecular weight excluding hydrogens is 298 g/mol. The van der Waals surface area contributed by atoms with Gasteiger partial charge in [0.1, 0.15) is 0 Å². The number of anilines is 1. The second kappa shape index (κ2) is 5.59. The largest absolute Gasteiger partial charge is 0.369 e. The van der Waals surface area contributed by atoms with Crippen molar-refractivity contribution >= 4 is 22.9 Å². The summed E-state index contributed by atoms with van der Waals surface area (Å²) in [6, 6.07) is 11.9. The molecule has 1 aromatic carbocycles. The third-order valence-electron chi connectivity index (χ3n) is 3.96. The number of nitrogens with one attached hydrogen (secondary N) is 1. The van der Waals surface area contributed by atoms with Gasteiger partial charge in [0.05, 0.1) is 0 Å². The van der Waals surface area contributed by atoms with Gasteiger partial charge in [-0.05, 0) is 18.2 Å². The van der Waals surface area contributed by atoms with Crippen LogP contribution < -0.4 is 10.2 Å². The minimum absolute atomic E-state index is 0.701. The van der Waals surface area contributed by atoms with Gasteiger partial charge in [0.15, 0.2) is 11.5 Å². The quantitative estimate of drug-likeness (QED) is 0.789. The Morgan fingerprint density at radius 2 is 1.91 bits per heavy atom. The number of hydrogen-bond donors (Lipinski definition) is 1. The minimum Gasteiger partial charge on any atom is -0.369 e. The standard InChI is InChI=1S/C16H16ClN5/c17-13-3-1-2-12(10-13)16-20-19-15-11-14(4-7-22(15)16)21-8-5-18-6-9-21/h1-4,7,10-11,18H,5-6,8-9H2. The highest BCUT2D eigenvalue weighted by molar-refractivity contribution is 6.30. The van der Waals surface area contributed by atoms with Crippen LogP contribution in [0.2, 0.25) is 5.02 Å². The number of pyridine rings is 1. The predicted octanol–water partition coefficient (Wildman–Crippen LogP) is 2.46. The summed E-state index contributed by atoms with van der Waals surface area (Å²) < 4.78 is 2.00. The highest BCUT2D eigenvalue weighted by Gasteiger charge is 2.13. The third-order valence-corrected chi connectivity index (χ3v) is 4.19. The van der Waals surface area contributed by atoms with E-state index in [4.69, 9.17) is 11.6 Å². The molecule has 0 unspecified atom stereocenters. The molecule has 1 aliphatic rings. The zero-order valence-electron chi connectivity index (χ0n) is 12.0. The lowest BCUT2D eigenvalue weighted by Crippen LogP contribution is -2.43. The second-order valence-corrected chi connectivity index (χ2v) is 5.82. The van der Waals surface area contributed by atoms with E-state index in [1.165, 1.54) is 5.69 Å². The Morgan fingerprint density at radius 1 is 1.05 bits per heavy atom. The fraction of sp³-hybridized carbons (Fsp3) is 0.250. The van der Waals surface area contributed by atoms with Crippen molar-refractivity contribution in [2.24, 2.45) is 0 Å². The average molecular weight is 314 g/mol. The molecule has 22 heavy (non-hydrogen) atoms. The Morgan fingerprint density at radius 3 is 2.73 bits per heavy atom. The molecule has 1 aliphatic heterocycles. The summed E-state index contributed by atoms with van der Waals surface area (Å²) in [5.41, 5.74) is 3.01. The van der Waals surface area contributed by atoms with Crippen LogP contribution in [0.25, 0.3) is 17.0 Å². The van der Waals surface area contributed by atoms with Crippen molar-refractivity contribution in [3.8, 4) is 11.4 Å². The predicted molar refractivity (Wildman–Crippen MR) is 88.5 cm³/mol. The van der Waals surface area contributed by atoms with E-state index in [2.05, 4.69) is 32.5 Å². The molecule has 112 valence electrons. The second-order valence-electron chi connectivity index (χ2n) is 5.38. The molecule has 3 heterocycles. The molecule has 0 bridgehead atoms. The molecule has 2 aromatic heterocycles. The van der Waals surface area contributed by atoms with Crippen LogP contribution in [0.1, 0.15) is 0 Å². The summed E-state index contributed by atoms with van der Waals surface area (Å²) in [6.45, 7) is 4.08. The number of benzene rings is 1. The smallest absolute Gasteiger partial charge is 0.168 e. The zero-order chi connectivity index (χ0) is 14.9. The van der Waals surface area contributed by atoms with E-state index in [1.54, 1.807) is 0 Å². The Labute approximate surface area is 133 Å². The molecule has 0 radical (unpaired) electrons. The molecule has 5 nitrogen and oxygen atoms in total. The molecule has 4 rings (SSSR count). The number of piperazine rings is 1. The molecule has 6 heteroatoms. The first kappa shape index (κ1) is 13.5. The number of rotatable bonds is 2. The first-order chi connectivity index (χ1) is 10.8. The van der Waals surface area contributed by atoms with Gasteiger partial charge in [0.25, 0.3) is 0 Å². The fourth-order valence-electron chi connectivity index (χ4n) is 2.82. The van der Waals surface area contributed by atoms with Gasteiger partial charge >= 0.3 is 0 Å². The summed E-state index contributed by atoms with van der Waals surface area (Å²) >= 11 is 6.07. The van der Waals surface area contributed by atoms with Gasteiger partial charge in [0, 0.05) is 54.7 Å². The third kappa shape index (κ3) is 2.42. The van der Waals surface area contributed by atoms with Crippen molar-refractivity contribution < 1.29 is 0 Å². The van der Waals surface area contributed by atoms with Crippen molar-refractivity contribution in [2.45, 2.75) is 0 Å². The van der Waals surface area contributed by atoms with Crippen molar-refractivity contribution in [1.82, 2.24) is 19.9 Å². The fourth-order valence-corrected chi connectivity index (χ4v) is 3.01. The van der Waals surface area contributed by atoms with E-state index < -0.39 is 0 Å². The van der Waals surface area contributed by atoms with E-state index in [0.29, 0.717) is 5.02 Å². The van der Waals surface area contributed by atoms with E-state index in [9.17, 15) is 0 Å². The van der Waals surface area contributed by atoms with Crippen LogP contribution in [0, 0.1) is 0 Å². The van der Waals surface area contributed by atoms with Crippen LogP contribution >= 0.6 is 11.6 Å². The summed E-state index contributed by atoms with van der Waals surface area (Å²) in [7, 11) is 0. The minimum atomic E-state index is 0.701. The highest BCUT2D eigenvalue weighted by Crippen LogP contribution is 2.24. The number of hydrogen-bond acceptors (Lipinski definition) is 4. The molecule has 1 N–H and O–H groups in total. The maximum atomic E-state index is 6.07. The molecule has 1 saturated heterocycles. The molecule has 0 spiro atoms. The number of nitrogens with zero attached hydrogens (tertiary/aromatic N) is 4. The average Bonchev–Trinajstić information content (AvgIpc) is 2.99. The van der Waals surface area contributed by atoms with Crippen molar-refractivity contribution in [3.05, 3.63) is 47.6 Å². The zero-order valence-corrected chi connectivity index (χ0v) is 12.8. The molecule has 1 fully saturated rings. The summed E-state index contributed by atoms with van der Waals surface area (Å²) in [4.78, 5) is 2.37. The van der Waals surface area contributed by atoms with Crippen molar-refractivity contribution in [1.29, 1.82) is 0 Å². The lowest BCUT2D eigenvalue weighted by molar-refractivity contribution is 0.589. The van der Waals surface area contributed by atoms with Crippen molar-refractivity contribution in [3.63, 3.8) is 0 Å². The van der Waals surface area contributed by atoms with Crippen LogP contribution in [-0.2, 0) is 0 Å². The summed E-state index contributed by atoms with van der Waals surface area (Å²) in [6.07, 6.45) is 2.03. The van der Waals surface area contributed by atoms with Gasteiger partial charge in [-0.25, -0.2) is 0 Å². The SMILES string of the molecule is Clc1cccc(-c2nnc3cc(N4CCNCC4)ccn23)c1. The topological polar surface area (TPSA) is 45.5 Å². The lowest BCUT2D eigenvalue weighted by Gasteiger charge is -2.29. The molecule has 0 amide bonds. The molecule has 3 aromatic rings. The Hall–Kier alpha value is -2.11. The van der Waals surface area contributed by atoms with Crippen LogP contribution in [0.3, 0.4) is 0 Å². The van der Waals surface area contributed by atoms with Gasteiger partial charge in [-0.1, -0.05) is 23.7 Å². The Bertz CT molecular complexity index is 807. The summed E-state index contributed by atoms with van der Waals surface area (Å²) in [5, 5.41) is 12.7. The van der Waals surface area contributed by atoms with Gasteiger partial charge in [-0.3, -0.25) is 4.40 Å². The first-order valence-electron chi connectivity index (χ1n) is 7.38. The molecule has 0 aliphatic carbocycles.